The number of ether oxygens (including phenoxy) is 2. The maximum absolute atomic E-state index is 12.8. The Morgan fingerprint density at radius 2 is 1.40 bits per heavy atom. The van der Waals surface area contributed by atoms with E-state index in [0.29, 0.717) is 22.7 Å². The third kappa shape index (κ3) is 6.06. The average Bonchev–Trinajstić information content (AvgIpc) is 2.90. The molecule has 176 valence electrons. The number of amides is 2. The van der Waals surface area contributed by atoms with E-state index < -0.39 is 0 Å². The predicted molar refractivity (Wildman–Crippen MR) is 138 cm³/mol. The number of carbonyl (C=O) groups excluding carboxylic acids is 2. The van der Waals surface area contributed by atoms with E-state index in [4.69, 9.17) is 9.47 Å². The third-order valence-electron chi connectivity index (χ3n) is 5.51. The molecule has 6 heteroatoms. The van der Waals surface area contributed by atoms with Gasteiger partial charge in [-0.1, -0.05) is 54.6 Å². The maximum Gasteiger partial charge on any atom is 0.255 e. The first kappa shape index (κ1) is 23.6. The van der Waals surface area contributed by atoms with Crippen molar-refractivity contribution >= 4 is 23.2 Å². The largest absolute Gasteiger partial charge is 0.497 e. The lowest BCUT2D eigenvalue weighted by atomic mass is 10.0. The van der Waals surface area contributed by atoms with Gasteiger partial charge in [-0.15, -0.1) is 0 Å². The summed E-state index contributed by atoms with van der Waals surface area (Å²) in [6.07, 6.45) is 0.192. The van der Waals surface area contributed by atoms with Gasteiger partial charge in [-0.25, -0.2) is 0 Å². The highest BCUT2D eigenvalue weighted by molar-refractivity contribution is 6.05. The molecule has 0 aromatic heterocycles. The van der Waals surface area contributed by atoms with Gasteiger partial charge < -0.3 is 20.1 Å². The Hall–Kier alpha value is -4.58. The molecule has 0 bridgehead atoms. The van der Waals surface area contributed by atoms with E-state index in [-0.39, 0.29) is 18.2 Å². The number of carbonyl (C=O) groups is 2. The van der Waals surface area contributed by atoms with E-state index in [1.807, 2.05) is 66.7 Å². The minimum Gasteiger partial charge on any atom is -0.497 e. The fourth-order valence-electron chi connectivity index (χ4n) is 3.65. The van der Waals surface area contributed by atoms with Gasteiger partial charge in [0.15, 0.2) is 0 Å². The zero-order valence-electron chi connectivity index (χ0n) is 19.6. The van der Waals surface area contributed by atoms with Crippen molar-refractivity contribution < 1.29 is 19.1 Å². The van der Waals surface area contributed by atoms with Gasteiger partial charge in [0.05, 0.1) is 26.3 Å². The molecule has 0 saturated heterocycles. The zero-order valence-corrected chi connectivity index (χ0v) is 19.6. The molecule has 0 aliphatic heterocycles. The number of benzene rings is 4. The number of methoxy groups -OCH3 is 2. The smallest absolute Gasteiger partial charge is 0.255 e. The van der Waals surface area contributed by atoms with E-state index >= 15 is 0 Å². The van der Waals surface area contributed by atoms with E-state index in [9.17, 15) is 9.59 Å². The van der Waals surface area contributed by atoms with Crippen LogP contribution in [0.5, 0.6) is 11.5 Å². The number of rotatable bonds is 8. The topological polar surface area (TPSA) is 76.7 Å². The summed E-state index contributed by atoms with van der Waals surface area (Å²) >= 11 is 0. The van der Waals surface area contributed by atoms with E-state index in [2.05, 4.69) is 10.6 Å². The predicted octanol–water partition coefficient (Wildman–Crippen LogP) is 5.80. The normalized spacial score (nSPS) is 10.3. The van der Waals surface area contributed by atoms with Gasteiger partial charge >= 0.3 is 0 Å². The minimum atomic E-state index is -0.245. The molecular weight excluding hydrogens is 440 g/mol. The summed E-state index contributed by atoms with van der Waals surface area (Å²) in [5.74, 6) is 0.783. The van der Waals surface area contributed by atoms with Crippen molar-refractivity contribution in [3.63, 3.8) is 0 Å². The van der Waals surface area contributed by atoms with Crippen LogP contribution in [0.2, 0.25) is 0 Å². The Morgan fingerprint density at radius 1 is 0.714 bits per heavy atom. The van der Waals surface area contributed by atoms with Crippen molar-refractivity contribution in [3.8, 4) is 22.6 Å². The summed E-state index contributed by atoms with van der Waals surface area (Å²) < 4.78 is 10.5. The van der Waals surface area contributed by atoms with Crippen molar-refractivity contribution in [1.82, 2.24) is 0 Å². The summed E-state index contributed by atoms with van der Waals surface area (Å²) in [6.45, 7) is 0. The SMILES string of the molecule is COc1ccc(CC(=O)Nc2cc(NC(=O)c3ccc(-c4ccccc4)cc3)ccc2OC)cc1. The minimum absolute atomic E-state index is 0.192. The third-order valence-corrected chi connectivity index (χ3v) is 5.51. The molecule has 4 rings (SSSR count). The molecule has 35 heavy (non-hydrogen) atoms. The molecule has 2 N–H and O–H groups in total. The van der Waals surface area contributed by atoms with Gasteiger partial charge in [-0.3, -0.25) is 9.59 Å². The van der Waals surface area contributed by atoms with Gasteiger partial charge in [-0.05, 0) is 59.2 Å². The van der Waals surface area contributed by atoms with E-state index in [1.54, 1.807) is 37.4 Å². The first-order valence-electron chi connectivity index (χ1n) is 11.1. The van der Waals surface area contributed by atoms with Crippen LogP contribution in [0, 0.1) is 0 Å². The molecule has 0 saturated carbocycles. The summed E-state index contributed by atoms with van der Waals surface area (Å²) in [7, 11) is 3.13. The molecule has 4 aromatic carbocycles. The van der Waals surface area contributed by atoms with Gasteiger partial charge in [0, 0.05) is 11.3 Å². The molecule has 0 aliphatic rings. The standard InChI is InChI=1S/C29H26N2O4/c1-34-25-15-8-20(9-16-25)18-28(32)31-26-19-24(14-17-27(26)35-2)30-29(33)23-12-10-22(11-13-23)21-6-4-3-5-7-21/h3-17,19H,18H2,1-2H3,(H,30,33)(H,31,32). The summed E-state index contributed by atoms with van der Waals surface area (Å²) in [6, 6.07) is 29.8. The summed E-state index contributed by atoms with van der Waals surface area (Å²) in [5, 5.41) is 5.76. The molecule has 4 aromatic rings. The average molecular weight is 467 g/mol. The van der Waals surface area contributed by atoms with Crippen molar-refractivity contribution in [3.05, 3.63) is 108 Å². The molecule has 0 aliphatic carbocycles. The summed E-state index contributed by atoms with van der Waals surface area (Å²) in [5.41, 5.74) is 4.53. The molecule has 0 unspecified atom stereocenters. The molecule has 0 spiro atoms. The molecule has 0 fully saturated rings. The fraction of sp³-hybridized carbons (Fsp3) is 0.103. The van der Waals surface area contributed by atoms with Crippen molar-refractivity contribution in [2.75, 3.05) is 24.9 Å². The molecule has 0 heterocycles. The van der Waals surface area contributed by atoms with E-state index in [1.165, 1.54) is 7.11 Å². The second-order valence-electron chi connectivity index (χ2n) is 7.89. The summed E-state index contributed by atoms with van der Waals surface area (Å²) in [4.78, 5) is 25.4. The van der Waals surface area contributed by atoms with Gasteiger partial charge in [0.2, 0.25) is 5.91 Å². The monoisotopic (exact) mass is 466 g/mol. The Bertz CT molecular complexity index is 1300. The van der Waals surface area contributed by atoms with Crippen LogP contribution < -0.4 is 20.1 Å². The highest BCUT2D eigenvalue weighted by atomic mass is 16.5. The number of hydrogen-bond donors (Lipinski definition) is 2. The van der Waals surface area contributed by atoms with Crippen LogP contribution >= 0.6 is 0 Å². The Kier molecular flexibility index (Phi) is 7.43. The van der Waals surface area contributed by atoms with Crippen LogP contribution in [0.25, 0.3) is 11.1 Å². The van der Waals surface area contributed by atoms with Gasteiger partial charge in [0.25, 0.3) is 5.91 Å². The van der Waals surface area contributed by atoms with Crippen LogP contribution in [0.1, 0.15) is 15.9 Å². The number of hydrogen-bond acceptors (Lipinski definition) is 4. The zero-order chi connectivity index (χ0) is 24.6. The van der Waals surface area contributed by atoms with E-state index in [0.717, 1.165) is 22.4 Å². The lowest BCUT2D eigenvalue weighted by Crippen LogP contribution is -2.16. The Labute approximate surface area is 204 Å². The van der Waals surface area contributed by atoms with Crippen LogP contribution in [0.3, 0.4) is 0 Å². The van der Waals surface area contributed by atoms with Gasteiger partial charge in [0.1, 0.15) is 11.5 Å². The number of nitrogens with one attached hydrogen (secondary N) is 2. The maximum atomic E-state index is 12.8. The van der Waals surface area contributed by atoms with Crippen molar-refractivity contribution in [2.24, 2.45) is 0 Å². The molecule has 6 nitrogen and oxygen atoms in total. The second-order valence-corrected chi connectivity index (χ2v) is 7.89. The van der Waals surface area contributed by atoms with Crippen LogP contribution in [-0.4, -0.2) is 26.0 Å². The Morgan fingerprint density at radius 3 is 2.06 bits per heavy atom. The molecular formula is C29H26N2O4. The highest BCUT2D eigenvalue weighted by Gasteiger charge is 2.12. The quantitative estimate of drug-likeness (QED) is 0.344. The van der Waals surface area contributed by atoms with Crippen LogP contribution in [0.4, 0.5) is 11.4 Å². The number of anilines is 2. The highest BCUT2D eigenvalue weighted by Crippen LogP contribution is 2.28. The second kappa shape index (κ2) is 11.0. The van der Waals surface area contributed by atoms with Crippen LogP contribution in [0.15, 0.2) is 97.1 Å². The van der Waals surface area contributed by atoms with Crippen molar-refractivity contribution in [1.29, 1.82) is 0 Å². The Balaban J connectivity index is 1.43. The van der Waals surface area contributed by atoms with Crippen molar-refractivity contribution in [2.45, 2.75) is 6.42 Å². The van der Waals surface area contributed by atoms with Gasteiger partial charge in [-0.2, -0.15) is 0 Å². The molecule has 0 radical (unpaired) electrons. The fourth-order valence-corrected chi connectivity index (χ4v) is 3.65. The lowest BCUT2D eigenvalue weighted by Gasteiger charge is -2.13. The lowest BCUT2D eigenvalue weighted by molar-refractivity contribution is -0.115. The van der Waals surface area contributed by atoms with Crippen LogP contribution in [-0.2, 0) is 11.2 Å². The molecule has 2 amide bonds. The first-order chi connectivity index (χ1) is 17.1. The first-order valence-corrected chi connectivity index (χ1v) is 11.1. The molecule has 0 atom stereocenters.